The number of rotatable bonds is 11. The molecule has 11 heteroatoms. The van der Waals surface area contributed by atoms with Gasteiger partial charge in [-0.05, 0) is 48.4 Å². The van der Waals surface area contributed by atoms with Gasteiger partial charge in [0, 0.05) is 43.3 Å². The zero-order valence-corrected chi connectivity index (χ0v) is 23.7. The number of benzene rings is 3. The molecule has 0 aliphatic carbocycles. The van der Waals surface area contributed by atoms with E-state index in [2.05, 4.69) is 10.3 Å². The van der Waals surface area contributed by atoms with Gasteiger partial charge in [-0.1, -0.05) is 48.0 Å². The summed E-state index contributed by atoms with van der Waals surface area (Å²) >= 11 is 6.10. The fourth-order valence-corrected chi connectivity index (χ4v) is 5.50. The maximum absolute atomic E-state index is 12.7. The van der Waals surface area contributed by atoms with E-state index in [9.17, 15) is 9.36 Å². The van der Waals surface area contributed by atoms with E-state index in [4.69, 9.17) is 30.0 Å². The first-order valence-corrected chi connectivity index (χ1v) is 14.8. The third kappa shape index (κ3) is 6.35. The molecule has 2 aromatic heterocycles. The molecule has 2 heterocycles. The number of imidazole rings is 1. The first-order valence-electron chi connectivity index (χ1n) is 12.6. The van der Waals surface area contributed by atoms with Crippen LogP contribution < -0.4 is 5.32 Å². The van der Waals surface area contributed by atoms with Crippen LogP contribution in [0.5, 0.6) is 0 Å². The monoisotopic (exact) mass is 578 g/mol. The van der Waals surface area contributed by atoms with Crippen molar-refractivity contribution in [3.05, 3.63) is 95.5 Å². The minimum atomic E-state index is -3.16. The summed E-state index contributed by atoms with van der Waals surface area (Å²) in [7, 11) is -0.443. The molecule has 1 N–H and O–H groups in total. The van der Waals surface area contributed by atoms with E-state index in [0.29, 0.717) is 41.0 Å². The maximum Gasteiger partial charge on any atom is 0.334 e. The Morgan fingerprint density at radius 3 is 2.48 bits per heavy atom. The molecule has 40 heavy (non-hydrogen) atoms. The molecule has 0 spiro atoms. The third-order valence-electron chi connectivity index (χ3n) is 6.44. The lowest BCUT2D eigenvalue weighted by atomic mass is 10.1. The van der Waals surface area contributed by atoms with Gasteiger partial charge < -0.3 is 18.8 Å². The highest BCUT2D eigenvalue weighted by atomic mass is 35.5. The first kappa shape index (κ1) is 27.8. The number of anilines is 1. The number of amides is 1. The molecule has 5 aromatic rings. The molecule has 3 aromatic carbocycles. The molecule has 0 radical (unpaired) electrons. The van der Waals surface area contributed by atoms with Crippen molar-refractivity contribution < 1.29 is 22.8 Å². The Morgan fingerprint density at radius 1 is 1.02 bits per heavy atom. The molecule has 0 aliphatic rings. The van der Waals surface area contributed by atoms with Gasteiger partial charge >= 0.3 is 13.6 Å². The van der Waals surface area contributed by atoms with E-state index in [1.165, 1.54) is 14.2 Å². The number of nitrogens with zero attached hydrogens (tertiary/aromatic N) is 3. The standard InChI is InChI=1S/C29H28ClN4O5P/c1-37-40(36,38-2)18-20-10-16-23(17-11-20)32-27(35)9-5-8-26-28(21-12-14-22(30)15-13-21)33-29(39-26)34-19-31-24-6-3-4-7-25(24)34/h3-4,6-7,10-17,19H,5,8-9,18H2,1-2H3,(H,32,35). The quantitative estimate of drug-likeness (QED) is 0.164. The smallest absolute Gasteiger partial charge is 0.334 e. The van der Waals surface area contributed by atoms with Crippen LogP contribution in [0.4, 0.5) is 5.69 Å². The lowest BCUT2D eigenvalue weighted by Gasteiger charge is -2.13. The van der Waals surface area contributed by atoms with E-state index in [-0.39, 0.29) is 18.5 Å². The van der Waals surface area contributed by atoms with Gasteiger partial charge in [0.05, 0.1) is 17.2 Å². The lowest BCUT2D eigenvalue weighted by Crippen LogP contribution is -2.11. The molecule has 5 rings (SSSR count). The lowest BCUT2D eigenvalue weighted by molar-refractivity contribution is -0.116. The molecule has 0 saturated heterocycles. The van der Waals surface area contributed by atoms with Crippen LogP contribution in [0.15, 0.2) is 83.5 Å². The second-order valence-electron chi connectivity index (χ2n) is 9.11. The van der Waals surface area contributed by atoms with Crippen molar-refractivity contribution in [3.63, 3.8) is 0 Å². The Kier molecular flexibility index (Phi) is 8.47. The Bertz CT molecular complexity index is 1660. The minimum Gasteiger partial charge on any atom is -0.427 e. The van der Waals surface area contributed by atoms with E-state index >= 15 is 0 Å². The first-order chi connectivity index (χ1) is 19.4. The number of aromatic nitrogens is 3. The molecule has 1 amide bonds. The van der Waals surface area contributed by atoms with Gasteiger partial charge in [-0.3, -0.25) is 13.9 Å². The second kappa shape index (κ2) is 12.2. The Labute approximate surface area is 236 Å². The summed E-state index contributed by atoms with van der Waals surface area (Å²) in [4.78, 5) is 21.9. The van der Waals surface area contributed by atoms with Crippen molar-refractivity contribution in [1.82, 2.24) is 14.5 Å². The van der Waals surface area contributed by atoms with Gasteiger partial charge in [0.2, 0.25) is 5.91 Å². The molecule has 9 nitrogen and oxygen atoms in total. The molecule has 0 unspecified atom stereocenters. The van der Waals surface area contributed by atoms with Gasteiger partial charge in [-0.25, -0.2) is 4.98 Å². The fraction of sp³-hybridized carbons (Fsp3) is 0.207. The summed E-state index contributed by atoms with van der Waals surface area (Å²) in [6.45, 7) is 0. The number of oxazole rings is 1. The maximum atomic E-state index is 12.7. The molecular formula is C29H28ClN4O5P. The number of carbonyl (C=O) groups is 1. The Hall–Kier alpha value is -3.75. The number of aryl methyl sites for hydroxylation is 1. The number of carbonyl (C=O) groups excluding carboxylic acids is 1. The largest absolute Gasteiger partial charge is 0.427 e. The van der Waals surface area contributed by atoms with Crippen LogP contribution in [-0.2, 0) is 31.0 Å². The van der Waals surface area contributed by atoms with Gasteiger partial charge in [0.25, 0.3) is 0 Å². The number of fused-ring (bicyclic) bond motifs is 1. The zero-order valence-electron chi connectivity index (χ0n) is 22.0. The molecule has 206 valence electrons. The Morgan fingerprint density at radius 2 is 1.75 bits per heavy atom. The third-order valence-corrected chi connectivity index (χ3v) is 8.56. The van der Waals surface area contributed by atoms with E-state index < -0.39 is 7.60 Å². The van der Waals surface area contributed by atoms with E-state index in [0.717, 1.165) is 22.2 Å². The summed E-state index contributed by atoms with van der Waals surface area (Å²) in [6, 6.07) is 22.7. The van der Waals surface area contributed by atoms with Gasteiger partial charge in [-0.15, -0.1) is 0 Å². The van der Waals surface area contributed by atoms with Crippen molar-refractivity contribution >= 4 is 41.8 Å². The highest BCUT2D eigenvalue weighted by Gasteiger charge is 2.22. The summed E-state index contributed by atoms with van der Waals surface area (Å²) in [5.74, 6) is 0.550. The van der Waals surface area contributed by atoms with Crippen LogP contribution >= 0.6 is 19.2 Å². The SMILES string of the molecule is COP(=O)(Cc1ccc(NC(=O)CCCc2oc(-n3cnc4ccccc43)nc2-c2ccc(Cl)cc2)cc1)OC. The molecule has 0 atom stereocenters. The van der Waals surface area contributed by atoms with Crippen LogP contribution in [0.3, 0.4) is 0 Å². The average molecular weight is 579 g/mol. The molecule has 0 aliphatic heterocycles. The summed E-state index contributed by atoms with van der Waals surface area (Å²) in [5.41, 5.74) is 4.72. The predicted molar refractivity (Wildman–Crippen MR) is 155 cm³/mol. The van der Waals surface area contributed by atoms with Gasteiger partial charge in [0.15, 0.2) is 0 Å². The molecule has 0 bridgehead atoms. The number of hydrogen-bond donors (Lipinski definition) is 1. The zero-order chi connectivity index (χ0) is 28.1. The predicted octanol–water partition coefficient (Wildman–Crippen LogP) is 7.28. The molecule has 0 fully saturated rings. The highest BCUT2D eigenvalue weighted by molar-refractivity contribution is 7.52. The van der Waals surface area contributed by atoms with Crippen molar-refractivity contribution in [2.24, 2.45) is 0 Å². The van der Waals surface area contributed by atoms with Crippen LogP contribution in [-0.4, -0.2) is 34.7 Å². The number of hydrogen-bond acceptors (Lipinski definition) is 7. The van der Waals surface area contributed by atoms with E-state index in [1.807, 2.05) is 53.1 Å². The van der Waals surface area contributed by atoms with Crippen LogP contribution in [0, 0.1) is 0 Å². The highest BCUT2D eigenvalue weighted by Crippen LogP contribution is 2.49. The van der Waals surface area contributed by atoms with Gasteiger partial charge in [0.1, 0.15) is 17.8 Å². The van der Waals surface area contributed by atoms with Gasteiger partial charge in [-0.2, -0.15) is 4.98 Å². The summed E-state index contributed by atoms with van der Waals surface area (Å²) in [6.07, 6.45) is 3.18. The molecule has 0 saturated carbocycles. The minimum absolute atomic E-state index is 0.124. The van der Waals surface area contributed by atoms with Crippen LogP contribution in [0.25, 0.3) is 28.3 Å². The second-order valence-corrected chi connectivity index (χ2v) is 11.8. The summed E-state index contributed by atoms with van der Waals surface area (Å²) in [5, 5.41) is 3.53. The topological polar surface area (TPSA) is 108 Å². The van der Waals surface area contributed by atoms with Crippen molar-refractivity contribution in [2.45, 2.75) is 25.4 Å². The average Bonchev–Trinajstić information content (AvgIpc) is 3.59. The molecular weight excluding hydrogens is 551 g/mol. The number of para-hydroxylation sites is 2. The Balaban J connectivity index is 1.27. The number of halogens is 1. The number of nitrogens with one attached hydrogen (secondary N) is 1. The fourth-order valence-electron chi connectivity index (χ4n) is 4.31. The summed E-state index contributed by atoms with van der Waals surface area (Å²) < 4.78 is 30.4. The van der Waals surface area contributed by atoms with Crippen molar-refractivity contribution in [3.8, 4) is 17.3 Å². The van der Waals surface area contributed by atoms with Crippen molar-refractivity contribution in [1.29, 1.82) is 0 Å². The van der Waals surface area contributed by atoms with Crippen LogP contribution in [0.2, 0.25) is 5.02 Å². The van der Waals surface area contributed by atoms with Crippen molar-refractivity contribution in [2.75, 3.05) is 19.5 Å². The normalized spacial score (nSPS) is 11.7. The van der Waals surface area contributed by atoms with Crippen LogP contribution in [0.1, 0.15) is 24.2 Å². The van der Waals surface area contributed by atoms with E-state index in [1.54, 1.807) is 30.6 Å².